The number of pyridine rings is 1. The molecule has 4 aromatic rings. The maximum atomic E-state index is 14.5. The Morgan fingerprint density at radius 3 is 2.91 bits per heavy atom. The van der Waals surface area contributed by atoms with Crippen molar-refractivity contribution in [1.82, 2.24) is 24.3 Å². The van der Waals surface area contributed by atoms with Gasteiger partial charge in [0.25, 0.3) is 5.91 Å². The van der Waals surface area contributed by atoms with Gasteiger partial charge < -0.3 is 15.4 Å². The van der Waals surface area contributed by atoms with Gasteiger partial charge in [0, 0.05) is 16.7 Å². The number of hydrogen-bond acceptors (Lipinski definition) is 6. The molecule has 1 atom stereocenters. The highest BCUT2D eigenvalue weighted by molar-refractivity contribution is 5.96. The molecule has 1 aromatic carbocycles. The predicted molar refractivity (Wildman–Crippen MR) is 104 cm³/mol. The maximum Gasteiger partial charge on any atom is 0.419 e. The van der Waals surface area contributed by atoms with Gasteiger partial charge in [0.1, 0.15) is 29.2 Å². The zero-order valence-electron chi connectivity index (χ0n) is 18.9. The molecule has 4 heterocycles. The van der Waals surface area contributed by atoms with Crippen LogP contribution in [0, 0.1) is 5.82 Å². The van der Waals surface area contributed by atoms with E-state index in [-0.39, 0.29) is 17.1 Å². The fourth-order valence-corrected chi connectivity index (χ4v) is 3.63. The van der Waals surface area contributed by atoms with E-state index < -0.39 is 48.8 Å². The van der Waals surface area contributed by atoms with E-state index in [0.29, 0.717) is 27.5 Å². The Morgan fingerprint density at radius 1 is 1.34 bits per heavy atom. The van der Waals surface area contributed by atoms with Crippen molar-refractivity contribution in [2.75, 3.05) is 19.3 Å². The highest BCUT2D eigenvalue weighted by Crippen LogP contribution is 2.43. The average Bonchev–Trinajstić information content (AvgIpc) is 3.41. The molecule has 0 radical (unpaired) electrons. The Kier molecular flexibility index (Phi) is 3.53. The van der Waals surface area contributed by atoms with Crippen molar-refractivity contribution in [2.24, 2.45) is 0 Å². The van der Waals surface area contributed by atoms with Gasteiger partial charge in [0.15, 0.2) is 11.6 Å². The summed E-state index contributed by atoms with van der Waals surface area (Å²) in [5.74, 6) is -3.33. The number of likely N-dealkylation sites (N-methyl/N-ethyl adjacent to an activating group) is 1. The number of nitrogens with zero attached hydrogens (tertiary/aromatic N) is 5. The van der Waals surface area contributed by atoms with Crippen LogP contribution >= 0.6 is 0 Å². The molecule has 0 saturated carbocycles. The number of alkyl halides is 3. The van der Waals surface area contributed by atoms with Crippen LogP contribution in [0.5, 0.6) is 5.75 Å². The van der Waals surface area contributed by atoms with Crippen LogP contribution in [-0.2, 0) is 6.18 Å². The minimum absolute atomic E-state index is 0.167. The summed E-state index contributed by atoms with van der Waals surface area (Å²) in [5.41, 5.74) is 4.94. The number of nitrogen functional groups attached to an aromatic ring is 1. The van der Waals surface area contributed by atoms with E-state index in [1.54, 1.807) is 0 Å². The minimum atomic E-state index is -4.98. The van der Waals surface area contributed by atoms with Gasteiger partial charge in [-0.25, -0.2) is 19.3 Å². The number of imidazole rings is 1. The van der Waals surface area contributed by atoms with Gasteiger partial charge in [0.05, 0.1) is 35.8 Å². The van der Waals surface area contributed by atoms with Crippen LogP contribution in [0.1, 0.15) is 31.8 Å². The number of rotatable bonds is 2. The molecule has 2 N–H and O–H groups in total. The van der Waals surface area contributed by atoms with Crippen molar-refractivity contribution in [1.29, 1.82) is 0 Å². The van der Waals surface area contributed by atoms with Crippen molar-refractivity contribution in [3.8, 4) is 5.75 Å². The van der Waals surface area contributed by atoms with E-state index in [0.717, 1.165) is 6.07 Å². The molecule has 0 fully saturated rings. The van der Waals surface area contributed by atoms with Gasteiger partial charge in [-0.3, -0.25) is 9.20 Å². The van der Waals surface area contributed by atoms with Gasteiger partial charge in [0.2, 0.25) is 0 Å². The molecule has 0 unspecified atom stereocenters. The summed E-state index contributed by atoms with van der Waals surface area (Å²) >= 11 is 0. The van der Waals surface area contributed by atoms with E-state index in [1.807, 2.05) is 0 Å². The van der Waals surface area contributed by atoms with Crippen molar-refractivity contribution < 1.29 is 31.2 Å². The summed E-state index contributed by atoms with van der Waals surface area (Å²) in [7, 11) is 0. The largest absolute Gasteiger partial charge is 0.488 e. The standard InChI is InChI=1S/C20H14F4N6O2/c1-29(15-7-32-17-9(15)2-3-10(16(17)21)20(22,23)24)19(31)11-4-13-12(5-27-11)28-18(25)14-6-26-8-30(13)14/h2-6,8,15H,7H2,1H3,(H2,25,28)/t15-/m0/s1/i1D3. The van der Waals surface area contributed by atoms with Gasteiger partial charge in [-0.05, 0) is 12.1 Å². The maximum absolute atomic E-state index is 14.5. The molecule has 0 bridgehead atoms. The Morgan fingerprint density at radius 2 is 2.16 bits per heavy atom. The molecule has 8 nitrogen and oxygen atoms in total. The van der Waals surface area contributed by atoms with Crippen molar-refractivity contribution >= 4 is 28.3 Å². The van der Waals surface area contributed by atoms with Crippen molar-refractivity contribution in [3.05, 3.63) is 59.6 Å². The van der Waals surface area contributed by atoms with Crippen LogP contribution in [0.25, 0.3) is 16.6 Å². The Balaban J connectivity index is 1.60. The second kappa shape index (κ2) is 6.77. The molecule has 0 spiro atoms. The lowest BCUT2D eigenvalue weighted by Crippen LogP contribution is -2.32. The van der Waals surface area contributed by atoms with E-state index in [4.69, 9.17) is 14.6 Å². The molecular weight excluding hydrogens is 432 g/mol. The zero-order chi connectivity index (χ0) is 25.3. The SMILES string of the molecule is [2H]C([2H])([2H])N(C(=O)c1cc2c(cn1)nc(N)c1cncn12)[C@H]1COc2c1ccc(C(F)(F)F)c2F. The summed E-state index contributed by atoms with van der Waals surface area (Å²) in [6, 6.07) is 1.29. The van der Waals surface area contributed by atoms with Crippen LogP contribution in [0.2, 0.25) is 0 Å². The van der Waals surface area contributed by atoms with Crippen LogP contribution in [-0.4, -0.2) is 43.7 Å². The first kappa shape index (κ1) is 16.7. The molecule has 1 amide bonds. The lowest BCUT2D eigenvalue weighted by Gasteiger charge is -2.23. The van der Waals surface area contributed by atoms with E-state index in [9.17, 15) is 22.4 Å². The topological polar surface area (TPSA) is 98.6 Å². The number of carbonyl (C=O) groups is 1. The number of aromatic nitrogens is 4. The quantitative estimate of drug-likeness (QED) is 0.472. The molecule has 5 rings (SSSR count). The third-order valence-corrected chi connectivity index (χ3v) is 5.19. The number of anilines is 1. The monoisotopic (exact) mass is 449 g/mol. The molecule has 32 heavy (non-hydrogen) atoms. The lowest BCUT2D eigenvalue weighted by atomic mass is 10.0. The summed E-state index contributed by atoms with van der Waals surface area (Å²) in [6.45, 7) is -3.62. The fraction of sp³-hybridized carbons (Fsp3) is 0.200. The highest BCUT2D eigenvalue weighted by Gasteiger charge is 2.40. The molecule has 164 valence electrons. The molecular formula is C20H14F4N6O2. The average molecular weight is 449 g/mol. The number of nitrogens with two attached hydrogens (primary N) is 1. The third-order valence-electron chi connectivity index (χ3n) is 5.19. The van der Waals surface area contributed by atoms with E-state index >= 15 is 0 Å². The first-order valence-electron chi connectivity index (χ1n) is 10.6. The number of carbonyl (C=O) groups excluding carboxylic acids is 1. The first-order chi connectivity index (χ1) is 16.4. The summed E-state index contributed by atoms with van der Waals surface area (Å²) in [6.07, 6.45) is -0.877. The molecule has 1 aliphatic heterocycles. The number of fused-ring (bicyclic) bond motifs is 4. The van der Waals surface area contributed by atoms with E-state index in [2.05, 4.69) is 15.0 Å². The van der Waals surface area contributed by atoms with Crippen molar-refractivity contribution in [3.63, 3.8) is 0 Å². The second-order valence-electron chi connectivity index (χ2n) is 7.05. The summed E-state index contributed by atoms with van der Waals surface area (Å²) in [4.78, 5) is 26.0. The van der Waals surface area contributed by atoms with Crippen LogP contribution in [0.3, 0.4) is 0 Å². The van der Waals surface area contributed by atoms with Gasteiger partial charge in [-0.15, -0.1) is 0 Å². The fourth-order valence-electron chi connectivity index (χ4n) is 3.63. The Labute approximate surface area is 181 Å². The molecule has 0 saturated heterocycles. The van der Waals surface area contributed by atoms with Gasteiger partial charge >= 0.3 is 6.18 Å². The second-order valence-corrected chi connectivity index (χ2v) is 7.05. The minimum Gasteiger partial charge on any atom is -0.488 e. The van der Waals surface area contributed by atoms with Crippen LogP contribution in [0.4, 0.5) is 23.4 Å². The zero-order valence-corrected chi connectivity index (χ0v) is 15.9. The van der Waals surface area contributed by atoms with E-state index in [1.165, 1.54) is 29.2 Å². The third kappa shape index (κ3) is 2.90. The normalized spacial score (nSPS) is 17.5. The van der Waals surface area contributed by atoms with Gasteiger partial charge in [-0.2, -0.15) is 13.2 Å². The lowest BCUT2D eigenvalue weighted by molar-refractivity contribution is -0.140. The summed E-state index contributed by atoms with van der Waals surface area (Å²) < 4.78 is 84.1. The number of hydrogen-bond donors (Lipinski definition) is 1. The van der Waals surface area contributed by atoms with Crippen LogP contribution in [0.15, 0.2) is 36.9 Å². The van der Waals surface area contributed by atoms with Crippen LogP contribution < -0.4 is 10.5 Å². The number of amides is 1. The molecule has 12 heteroatoms. The Hall–Kier alpha value is -3.96. The smallest absolute Gasteiger partial charge is 0.419 e. The number of benzene rings is 1. The molecule has 0 aliphatic carbocycles. The summed E-state index contributed by atoms with van der Waals surface area (Å²) in [5, 5.41) is 0. The van der Waals surface area contributed by atoms with Gasteiger partial charge in [-0.1, -0.05) is 6.07 Å². The highest BCUT2D eigenvalue weighted by atomic mass is 19.4. The molecule has 1 aliphatic rings. The van der Waals surface area contributed by atoms with Crippen molar-refractivity contribution in [2.45, 2.75) is 12.2 Å². The number of halogens is 4. The Bertz CT molecular complexity index is 1500. The first-order valence-corrected chi connectivity index (χ1v) is 9.11. The molecule has 3 aromatic heterocycles. The number of ether oxygens (including phenoxy) is 1. The predicted octanol–water partition coefficient (Wildman–Crippen LogP) is 3.22.